The Bertz CT molecular complexity index is 702. The van der Waals surface area contributed by atoms with Gasteiger partial charge in [0.05, 0.1) is 6.04 Å². The monoisotopic (exact) mass is 355 g/mol. The molecule has 1 saturated heterocycles. The van der Waals surface area contributed by atoms with Crippen molar-refractivity contribution in [2.24, 2.45) is 0 Å². The van der Waals surface area contributed by atoms with Gasteiger partial charge in [-0.1, -0.05) is 48.9 Å². The van der Waals surface area contributed by atoms with Crippen molar-refractivity contribution < 1.29 is 13.9 Å². The van der Waals surface area contributed by atoms with Gasteiger partial charge in [-0.05, 0) is 55.9 Å². The van der Waals surface area contributed by atoms with Crippen molar-refractivity contribution in [3.05, 3.63) is 71.5 Å². The molecule has 0 aromatic heterocycles. The van der Waals surface area contributed by atoms with Gasteiger partial charge in [0.25, 0.3) is 0 Å². The highest BCUT2D eigenvalue weighted by Gasteiger charge is 2.35. The molecule has 2 aromatic rings. The van der Waals surface area contributed by atoms with Gasteiger partial charge < -0.3 is 4.74 Å². The quantitative estimate of drug-likeness (QED) is 0.624. The second-order valence-electron chi connectivity index (χ2n) is 7.05. The second kappa shape index (κ2) is 8.84. The Morgan fingerprint density at radius 1 is 1.08 bits per heavy atom. The molecular formula is C22H26FNO2. The largest absolute Gasteiger partial charge is 0.447 e. The lowest BCUT2D eigenvalue weighted by Crippen LogP contribution is -2.41. The van der Waals surface area contributed by atoms with Crippen LogP contribution < -0.4 is 0 Å². The number of hydrogen-bond donors (Lipinski definition) is 0. The van der Waals surface area contributed by atoms with Crippen molar-refractivity contribution in [2.45, 2.75) is 51.1 Å². The highest BCUT2D eigenvalue weighted by molar-refractivity contribution is 5.70. The molecule has 0 N–H and O–H groups in total. The Morgan fingerprint density at radius 2 is 1.81 bits per heavy atom. The van der Waals surface area contributed by atoms with E-state index in [4.69, 9.17) is 4.74 Å². The minimum absolute atomic E-state index is 0.108. The average Bonchev–Trinajstić information content (AvgIpc) is 3.01. The summed E-state index contributed by atoms with van der Waals surface area (Å²) in [6.45, 7) is 2.57. The molecule has 0 bridgehead atoms. The number of carbonyl (C=O) groups excluding carboxylic acids is 1. The zero-order valence-corrected chi connectivity index (χ0v) is 15.2. The number of benzene rings is 2. The van der Waals surface area contributed by atoms with Crippen LogP contribution in [-0.2, 0) is 17.6 Å². The summed E-state index contributed by atoms with van der Waals surface area (Å²) in [5.74, 6) is -0.195. The number of aryl methyl sites for hydroxylation is 1. The fourth-order valence-electron chi connectivity index (χ4n) is 3.61. The van der Waals surface area contributed by atoms with E-state index < -0.39 is 0 Å². The van der Waals surface area contributed by atoms with Gasteiger partial charge >= 0.3 is 6.09 Å². The van der Waals surface area contributed by atoms with Crippen LogP contribution in [0.25, 0.3) is 0 Å². The standard InChI is InChI=1S/C22H26FNO2/c1-17(7-5-6-8-18-11-13-20(23)14-12-18)24-21(16-26-22(24)25)15-19-9-3-2-4-10-19/h2-4,9-14,17,21H,5-8,15-16H2,1H3. The van der Waals surface area contributed by atoms with Crippen LogP contribution >= 0.6 is 0 Å². The lowest BCUT2D eigenvalue weighted by Gasteiger charge is -2.28. The van der Waals surface area contributed by atoms with Crippen LogP contribution in [0.15, 0.2) is 54.6 Å². The number of nitrogens with zero attached hydrogens (tertiary/aromatic N) is 1. The summed E-state index contributed by atoms with van der Waals surface area (Å²) < 4.78 is 18.2. The first kappa shape index (κ1) is 18.4. The predicted molar refractivity (Wildman–Crippen MR) is 101 cm³/mol. The Kier molecular flexibility index (Phi) is 6.26. The van der Waals surface area contributed by atoms with Gasteiger partial charge in [0.15, 0.2) is 0 Å². The van der Waals surface area contributed by atoms with E-state index in [1.54, 1.807) is 0 Å². The molecule has 0 spiro atoms. The van der Waals surface area contributed by atoms with Gasteiger partial charge in [0, 0.05) is 6.04 Å². The van der Waals surface area contributed by atoms with E-state index >= 15 is 0 Å². The van der Waals surface area contributed by atoms with E-state index in [1.165, 1.54) is 17.7 Å². The Labute approximate surface area is 154 Å². The fourth-order valence-corrected chi connectivity index (χ4v) is 3.61. The maximum Gasteiger partial charge on any atom is 0.410 e. The smallest absolute Gasteiger partial charge is 0.410 e. The summed E-state index contributed by atoms with van der Waals surface area (Å²) in [6.07, 6.45) is 4.57. The van der Waals surface area contributed by atoms with Crippen LogP contribution in [0.2, 0.25) is 0 Å². The molecule has 138 valence electrons. The van der Waals surface area contributed by atoms with Crippen molar-refractivity contribution in [2.75, 3.05) is 6.61 Å². The minimum atomic E-state index is -0.197. The summed E-state index contributed by atoms with van der Waals surface area (Å²) >= 11 is 0. The van der Waals surface area contributed by atoms with Crippen molar-refractivity contribution in [1.82, 2.24) is 4.90 Å². The highest BCUT2D eigenvalue weighted by Crippen LogP contribution is 2.23. The number of ether oxygens (including phenoxy) is 1. The van der Waals surface area contributed by atoms with Gasteiger partial charge in [-0.2, -0.15) is 0 Å². The molecule has 1 fully saturated rings. The van der Waals surface area contributed by atoms with Gasteiger partial charge in [0.2, 0.25) is 0 Å². The van der Waals surface area contributed by atoms with Gasteiger partial charge in [-0.25, -0.2) is 9.18 Å². The molecule has 0 radical (unpaired) electrons. The van der Waals surface area contributed by atoms with Crippen molar-refractivity contribution >= 4 is 6.09 Å². The van der Waals surface area contributed by atoms with Crippen LogP contribution in [0, 0.1) is 5.82 Å². The SMILES string of the molecule is CC(CCCCc1ccc(F)cc1)N1C(=O)OCC1Cc1ccccc1. The van der Waals surface area contributed by atoms with E-state index in [-0.39, 0.29) is 24.0 Å². The molecule has 1 aliphatic heterocycles. The first-order valence-corrected chi connectivity index (χ1v) is 9.37. The number of cyclic esters (lactones) is 1. The zero-order chi connectivity index (χ0) is 18.4. The number of unbranched alkanes of at least 4 members (excludes halogenated alkanes) is 1. The van der Waals surface area contributed by atoms with Crippen LogP contribution in [0.4, 0.5) is 9.18 Å². The van der Waals surface area contributed by atoms with Gasteiger partial charge in [-0.3, -0.25) is 4.90 Å². The minimum Gasteiger partial charge on any atom is -0.447 e. The van der Waals surface area contributed by atoms with Crippen molar-refractivity contribution in [1.29, 1.82) is 0 Å². The van der Waals surface area contributed by atoms with E-state index in [0.29, 0.717) is 6.61 Å². The average molecular weight is 355 g/mol. The van der Waals surface area contributed by atoms with E-state index in [2.05, 4.69) is 19.1 Å². The molecule has 4 heteroatoms. The van der Waals surface area contributed by atoms with Crippen LogP contribution in [0.5, 0.6) is 0 Å². The molecule has 0 saturated carbocycles. The van der Waals surface area contributed by atoms with E-state index in [9.17, 15) is 9.18 Å². The lowest BCUT2D eigenvalue weighted by molar-refractivity contribution is 0.144. The normalized spacial score (nSPS) is 18.0. The molecule has 2 aromatic carbocycles. The van der Waals surface area contributed by atoms with Crippen LogP contribution in [0.3, 0.4) is 0 Å². The molecule has 1 aliphatic rings. The second-order valence-corrected chi connectivity index (χ2v) is 7.05. The third-order valence-electron chi connectivity index (χ3n) is 5.04. The first-order chi connectivity index (χ1) is 12.6. The summed E-state index contributed by atoms with van der Waals surface area (Å²) in [5.41, 5.74) is 2.38. The molecular weight excluding hydrogens is 329 g/mol. The van der Waals surface area contributed by atoms with Gasteiger partial charge in [0.1, 0.15) is 12.4 Å². The Hall–Kier alpha value is -2.36. The maximum atomic E-state index is 12.9. The van der Waals surface area contributed by atoms with Crippen molar-refractivity contribution in [3.8, 4) is 0 Å². The number of halogens is 1. The molecule has 1 amide bonds. The molecule has 1 heterocycles. The molecule has 3 nitrogen and oxygen atoms in total. The molecule has 2 unspecified atom stereocenters. The van der Waals surface area contributed by atoms with E-state index in [1.807, 2.05) is 35.2 Å². The predicted octanol–water partition coefficient (Wildman–Crippen LogP) is 4.99. The maximum absolute atomic E-state index is 12.9. The lowest BCUT2D eigenvalue weighted by atomic mass is 10.0. The van der Waals surface area contributed by atoms with E-state index in [0.717, 1.165) is 37.7 Å². The number of rotatable bonds is 8. The number of hydrogen-bond acceptors (Lipinski definition) is 2. The third kappa shape index (κ3) is 4.84. The molecule has 0 aliphatic carbocycles. The third-order valence-corrected chi connectivity index (χ3v) is 5.04. The topological polar surface area (TPSA) is 29.5 Å². The summed E-state index contributed by atoms with van der Waals surface area (Å²) in [6, 6.07) is 17.2. The summed E-state index contributed by atoms with van der Waals surface area (Å²) in [4.78, 5) is 14.1. The summed E-state index contributed by atoms with van der Waals surface area (Å²) in [7, 11) is 0. The van der Waals surface area contributed by atoms with Crippen LogP contribution in [0.1, 0.15) is 37.3 Å². The first-order valence-electron chi connectivity index (χ1n) is 9.37. The number of amides is 1. The zero-order valence-electron chi connectivity index (χ0n) is 15.2. The van der Waals surface area contributed by atoms with Gasteiger partial charge in [-0.15, -0.1) is 0 Å². The Balaban J connectivity index is 1.48. The Morgan fingerprint density at radius 3 is 2.54 bits per heavy atom. The molecule has 2 atom stereocenters. The van der Waals surface area contributed by atoms with Crippen molar-refractivity contribution in [3.63, 3.8) is 0 Å². The highest BCUT2D eigenvalue weighted by atomic mass is 19.1. The number of carbonyl (C=O) groups is 1. The fraction of sp³-hybridized carbons (Fsp3) is 0.409. The van der Waals surface area contributed by atoms with Crippen LogP contribution in [-0.4, -0.2) is 29.7 Å². The summed E-state index contributed by atoms with van der Waals surface area (Å²) in [5, 5.41) is 0. The molecule has 26 heavy (non-hydrogen) atoms. The molecule has 3 rings (SSSR count).